The minimum absolute atomic E-state index is 0.129. The molecule has 0 atom stereocenters. The van der Waals surface area contributed by atoms with Gasteiger partial charge >= 0.3 is 0 Å². The van der Waals surface area contributed by atoms with Crippen LogP contribution in [0, 0.1) is 5.82 Å². The number of hydrogen-bond donors (Lipinski definition) is 0. The SMILES string of the molecule is CN(Cc1nc(-c2cccc(Cl)c2)no1)C(=O)CCc1ccccc1F. The lowest BCUT2D eigenvalue weighted by atomic mass is 10.1. The Morgan fingerprint density at radius 2 is 2.04 bits per heavy atom. The summed E-state index contributed by atoms with van der Waals surface area (Å²) in [4.78, 5) is 18.0. The Kier molecular flexibility index (Phi) is 5.63. The van der Waals surface area contributed by atoms with Crippen molar-refractivity contribution in [1.29, 1.82) is 0 Å². The molecule has 0 saturated heterocycles. The summed E-state index contributed by atoms with van der Waals surface area (Å²) in [7, 11) is 1.65. The van der Waals surface area contributed by atoms with Crippen LogP contribution in [0.2, 0.25) is 5.02 Å². The molecule has 0 fully saturated rings. The zero-order valence-corrected chi connectivity index (χ0v) is 14.9. The van der Waals surface area contributed by atoms with Gasteiger partial charge in [-0.15, -0.1) is 0 Å². The second kappa shape index (κ2) is 8.10. The fourth-order valence-corrected chi connectivity index (χ4v) is 2.68. The summed E-state index contributed by atoms with van der Waals surface area (Å²) in [6, 6.07) is 13.6. The highest BCUT2D eigenvalue weighted by molar-refractivity contribution is 6.30. The number of amides is 1. The van der Waals surface area contributed by atoms with E-state index < -0.39 is 0 Å². The summed E-state index contributed by atoms with van der Waals surface area (Å²) >= 11 is 5.96. The van der Waals surface area contributed by atoms with Gasteiger partial charge in [0.2, 0.25) is 17.6 Å². The van der Waals surface area contributed by atoms with E-state index in [2.05, 4.69) is 10.1 Å². The normalized spacial score (nSPS) is 10.7. The number of nitrogens with zero attached hydrogens (tertiary/aromatic N) is 3. The number of hydrogen-bond acceptors (Lipinski definition) is 4. The molecule has 0 bridgehead atoms. The molecule has 0 N–H and O–H groups in total. The van der Waals surface area contributed by atoms with Crippen molar-refractivity contribution in [2.45, 2.75) is 19.4 Å². The van der Waals surface area contributed by atoms with Crippen LogP contribution in [0.25, 0.3) is 11.4 Å². The Hall–Kier alpha value is -2.73. The van der Waals surface area contributed by atoms with Gasteiger partial charge in [0.15, 0.2) is 0 Å². The quantitative estimate of drug-likeness (QED) is 0.652. The fraction of sp³-hybridized carbons (Fsp3) is 0.211. The van der Waals surface area contributed by atoms with Crippen molar-refractivity contribution in [3.63, 3.8) is 0 Å². The zero-order chi connectivity index (χ0) is 18.5. The Labute approximate surface area is 155 Å². The summed E-state index contributed by atoms with van der Waals surface area (Å²) in [5, 5.41) is 4.49. The van der Waals surface area contributed by atoms with E-state index in [0.29, 0.717) is 28.7 Å². The lowest BCUT2D eigenvalue weighted by molar-refractivity contribution is -0.130. The zero-order valence-electron chi connectivity index (χ0n) is 14.2. The molecule has 3 rings (SSSR count). The molecule has 0 aliphatic rings. The first-order valence-electron chi connectivity index (χ1n) is 8.09. The number of aryl methyl sites for hydroxylation is 1. The Balaban J connectivity index is 1.58. The first-order chi connectivity index (χ1) is 12.5. The van der Waals surface area contributed by atoms with E-state index in [1.54, 1.807) is 43.4 Å². The maximum Gasteiger partial charge on any atom is 0.246 e. The highest BCUT2D eigenvalue weighted by Crippen LogP contribution is 2.20. The smallest absolute Gasteiger partial charge is 0.246 e. The highest BCUT2D eigenvalue weighted by atomic mass is 35.5. The van der Waals surface area contributed by atoms with Gasteiger partial charge in [-0.05, 0) is 30.2 Å². The summed E-state index contributed by atoms with van der Waals surface area (Å²) in [5.41, 5.74) is 1.26. The second-order valence-corrected chi connectivity index (χ2v) is 6.30. The molecule has 7 heteroatoms. The van der Waals surface area contributed by atoms with E-state index in [1.807, 2.05) is 6.07 Å². The van der Waals surface area contributed by atoms with Gasteiger partial charge in [0, 0.05) is 24.1 Å². The summed E-state index contributed by atoms with van der Waals surface area (Å²) in [6.45, 7) is 0.184. The van der Waals surface area contributed by atoms with E-state index >= 15 is 0 Å². The van der Waals surface area contributed by atoms with Crippen LogP contribution in [0.15, 0.2) is 53.1 Å². The van der Waals surface area contributed by atoms with Crippen LogP contribution in [0.5, 0.6) is 0 Å². The van der Waals surface area contributed by atoms with Crippen molar-refractivity contribution >= 4 is 17.5 Å². The fourth-order valence-electron chi connectivity index (χ4n) is 2.49. The lowest BCUT2D eigenvalue weighted by Gasteiger charge is -2.14. The summed E-state index contributed by atoms with van der Waals surface area (Å²) in [5.74, 6) is 0.304. The van der Waals surface area contributed by atoms with E-state index in [1.165, 1.54) is 11.0 Å². The van der Waals surface area contributed by atoms with Crippen molar-refractivity contribution < 1.29 is 13.7 Å². The molecule has 0 aliphatic heterocycles. The molecule has 0 saturated carbocycles. The lowest BCUT2D eigenvalue weighted by Crippen LogP contribution is -2.26. The predicted octanol–water partition coefficient (Wildman–Crippen LogP) is 4.12. The van der Waals surface area contributed by atoms with Crippen LogP contribution in [0.3, 0.4) is 0 Å². The molecule has 5 nitrogen and oxygen atoms in total. The third-order valence-electron chi connectivity index (χ3n) is 3.92. The molecule has 0 unspecified atom stereocenters. The molecule has 2 aromatic carbocycles. The summed E-state index contributed by atoms with van der Waals surface area (Å²) in [6.07, 6.45) is 0.542. The van der Waals surface area contributed by atoms with Gasteiger partial charge < -0.3 is 9.42 Å². The minimum Gasteiger partial charge on any atom is -0.337 e. The average Bonchev–Trinajstić information content (AvgIpc) is 3.09. The number of aromatic nitrogens is 2. The van der Waals surface area contributed by atoms with Crippen LogP contribution < -0.4 is 0 Å². The Morgan fingerprint density at radius 3 is 2.81 bits per heavy atom. The van der Waals surface area contributed by atoms with Gasteiger partial charge in [-0.1, -0.05) is 47.1 Å². The van der Waals surface area contributed by atoms with Crippen LogP contribution in [-0.2, 0) is 17.8 Å². The highest BCUT2D eigenvalue weighted by Gasteiger charge is 2.15. The maximum absolute atomic E-state index is 13.6. The predicted molar refractivity (Wildman–Crippen MR) is 95.9 cm³/mol. The van der Waals surface area contributed by atoms with Gasteiger partial charge in [0.05, 0.1) is 6.54 Å². The summed E-state index contributed by atoms with van der Waals surface area (Å²) < 4.78 is 18.8. The van der Waals surface area contributed by atoms with Crippen molar-refractivity contribution in [3.8, 4) is 11.4 Å². The largest absolute Gasteiger partial charge is 0.337 e. The topological polar surface area (TPSA) is 59.2 Å². The van der Waals surface area contributed by atoms with E-state index in [0.717, 1.165) is 5.56 Å². The molecule has 1 aromatic heterocycles. The van der Waals surface area contributed by atoms with Crippen LogP contribution in [-0.4, -0.2) is 28.0 Å². The molecule has 0 spiro atoms. The molecular formula is C19H17ClFN3O2. The molecular weight excluding hydrogens is 357 g/mol. The number of halogens is 2. The monoisotopic (exact) mass is 373 g/mol. The molecule has 134 valence electrons. The third kappa shape index (κ3) is 4.46. The molecule has 0 aliphatic carbocycles. The number of carbonyl (C=O) groups excluding carboxylic acids is 1. The van der Waals surface area contributed by atoms with Crippen molar-refractivity contribution in [1.82, 2.24) is 15.0 Å². The Morgan fingerprint density at radius 1 is 1.23 bits per heavy atom. The molecule has 1 heterocycles. The van der Waals surface area contributed by atoms with Crippen molar-refractivity contribution in [3.05, 3.63) is 70.8 Å². The van der Waals surface area contributed by atoms with E-state index in [-0.39, 0.29) is 24.7 Å². The number of carbonyl (C=O) groups is 1. The van der Waals surface area contributed by atoms with E-state index in [9.17, 15) is 9.18 Å². The first-order valence-corrected chi connectivity index (χ1v) is 8.46. The second-order valence-electron chi connectivity index (χ2n) is 5.86. The number of benzene rings is 2. The van der Waals surface area contributed by atoms with E-state index in [4.69, 9.17) is 16.1 Å². The van der Waals surface area contributed by atoms with Crippen molar-refractivity contribution in [2.75, 3.05) is 7.05 Å². The molecule has 26 heavy (non-hydrogen) atoms. The van der Waals surface area contributed by atoms with Gasteiger partial charge in [-0.25, -0.2) is 4.39 Å². The first kappa shape index (κ1) is 18.1. The van der Waals surface area contributed by atoms with Gasteiger partial charge in [0.1, 0.15) is 5.82 Å². The molecule has 3 aromatic rings. The van der Waals surface area contributed by atoms with Gasteiger partial charge in [-0.3, -0.25) is 4.79 Å². The molecule has 1 amide bonds. The third-order valence-corrected chi connectivity index (χ3v) is 4.15. The minimum atomic E-state index is -0.300. The van der Waals surface area contributed by atoms with Crippen LogP contribution in [0.1, 0.15) is 17.9 Å². The maximum atomic E-state index is 13.6. The standard InChI is InChI=1S/C19H17ClFN3O2/c1-24(18(25)10-9-13-5-2-3-8-16(13)21)12-17-22-19(23-26-17)14-6-4-7-15(20)11-14/h2-8,11H,9-10,12H2,1H3. The van der Waals surface area contributed by atoms with Crippen LogP contribution in [0.4, 0.5) is 4.39 Å². The Bertz CT molecular complexity index is 913. The van der Waals surface area contributed by atoms with Gasteiger partial charge in [0.25, 0.3) is 0 Å². The average molecular weight is 374 g/mol. The van der Waals surface area contributed by atoms with Crippen LogP contribution >= 0.6 is 11.6 Å². The van der Waals surface area contributed by atoms with Gasteiger partial charge in [-0.2, -0.15) is 4.98 Å². The number of rotatable bonds is 6. The van der Waals surface area contributed by atoms with Crippen molar-refractivity contribution in [2.24, 2.45) is 0 Å². The molecule has 0 radical (unpaired) electrons.